The summed E-state index contributed by atoms with van der Waals surface area (Å²) in [6, 6.07) is 6.67. The molecular weight excluding hydrogens is 424 g/mol. The molecule has 1 aromatic carbocycles. The van der Waals surface area contributed by atoms with Crippen molar-refractivity contribution in [3.63, 3.8) is 0 Å². The predicted octanol–water partition coefficient (Wildman–Crippen LogP) is 1.97. The highest BCUT2D eigenvalue weighted by Crippen LogP contribution is 2.46. The van der Waals surface area contributed by atoms with Crippen molar-refractivity contribution in [1.29, 1.82) is 0 Å². The second kappa shape index (κ2) is 9.06. The van der Waals surface area contributed by atoms with Crippen LogP contribution in [0.3, 0.4) is 0 Å². The van der Waals surface area contributed by atoms with Crippen molar-refractivity contribution in [3.05, 3.63) is 35.4 Å². The Morgan fingerprint density at radius 1 is 1.16 bits per heavy atom. The molecule has 3 N–H and O–H groups in total. The Labute approximate surface area is 194 Å². The van der Waals surface area contributed by atoms with Crippen LogP contribution in [0.25, 0.3) is 0 Å². The molecule has 0 radical (unpaired) electrons. The van der Waals surface area contributed by atoms with Crippen LogP contribution in [0.15, 0.2) is 24.3 Å². The van der Waals surface area contributed by atoms with Crippen LogP contribution in [0.5, 0.6) is 0 Å². The number of amides is 3. The van der Waals surface area contributed by atoms with Crippen LogP contribution in [-0.4, -0.2) is 58.9 Å². The zero-order valence-electron chi connectivity index (χ0n) is 19.3. The molecule has 0 aromatic heterocycles. The quantitative estimate of drug-likeness (QED) is 0.628. The summed E-state index contributed by atoms with van der Waals surface area (Å²) >= 11 is 1.72. The number of rotatable bonds is 5. The third-order valence-electron chi connectivity index (χ3n) is 7.14. The van der Waals surface area contributed by atoms with Crippen molar-refractivity contribution in [1.82, 2.24) is 20.9 Å². The molecule has 1 aliphatic carbocycles. The molecule has 7 nitrogen and oxygen atoms in total. The minimum absolute atomic E-state index is 0.0183. The molecule has 3 aliphatic rings. The monoisotopic (exact) mass is 458 g/mol. The minimum atomic E-state index is -0.604. The number of hydrogen-bond acceptors (Lipinski definition) is 5. The van der Waals surface area contributed by atoms with Gasteiger partial charge in [-0.2, -0.15) is 0 Å². The van der Waals surface area contributed by atoms with Gasteiger partial charge in [0.25, 0.3) is 0 Å². The van der Waals surface area contributed by atoms with Gasteiger partial charge in [0.05, 0.1) is 17.5 Å². The molecule has 5 atom stereocenters. The Morgan fingerprint density at radius 3 is 2.66 bits per heavy atom. The summed E-state index contributed by atoms with van der Waals surface area (Å²) in [5.41, 5.74) is 2.11. The largest absolute Gasteiger partial charge is 0.347 e. The molecule has 32 heavy (non-hydrogen) atoms. The third-order valence-corrected chi connectivity index (χ3v) is 8.39. The maximum atomic E-state index is 13.6. The van der Waals surface area contributed by atoms with Gasteiger partial charge in [-0.05, 0) is 61.9 Å². The van der Waals surface area contributed by atoms with E-state index in [0.29, 0.717) is 6.42 Å². The van der Waals surface area contributed by atoms with Crippen molar-refractivity contribution in [2.24, 2.45) is 5.41 Å². The maximum absolute atomic E-state index is 13.6. The summed E-state index contributed by atoms with van der Waals surface area (Å²) < 4.78 is 0. The van der Waals surface area contributed by atoms with Gasteiger partial charge in [-0.1, -0.05) is 38.1 Å². The second-order valence-electron chi connectivity index (χ2n) is 9.83. The number of carbonyl (C=O) groups excluding carboxylic acids is 3. The van der Waals surface area contributed by atoms with Crippen LogP contribution in [0, 0.1) is 5.41 Å². The van der Waals surface area contributed by atoms with Gasteiger partial charge in [0.2, 0.25) is 17.7 Å². The molecule has 0 unspecified atom stereocenters. The van der Waals surface area contributed by atoms with Crippen LogP contribution >= 0.6 is 11.8 Å². The highest BCUT2D eigenvalue weighted by atomic mass is 32.2. The average Bonchev–Trinajstić information content (AvgIpc) is 3.24. The lowest BCUT2D eigenvalue weighted by molar-refractivity contribution is -0.144. The number of fused-ring (bicyclic) bond motifs is 2. The Bertz CT molecular complexity index is 905. The molecule has 2 heterocycles. The predicted molar refractivity (Wildman–Crippen MR) is 126 cm³/mol. The summed E-state index contributed by atoms with van der Waals surface area (Å²) in [7, 11) is 1.72. The molecule has 1 aromatic rings. The fourth-order valence-corrected chi connectivity index (χ4v) is 6.81. The number of thioether (sulfide) groups is 1. The molecule has 3 amide bonds. The first-order valence-electron chi connectivity index (χ1n) is 11.5. The highest BCUT2D eigenvalue weighted by molar-refractivity contribution is 7.99. The highest BCUT2D eigenvalue weighted by Gasteiger charge is 2.54. The molecule has 4 rings (SSSR count). The van der Waals surface area contributed by atoms with Gasteiger partial charge in [-0.15, -0.1) is 11.8 Å². The Balaban J connectivity index is 1.55. The topological polar surface area (TPSA) is 90.5 Å². The smallest absolute Gasteiger partial charge is 0.246 e. The fourth-order valence-electron chi connectivity index (χ4n) is 5.24. The summed E-state index contributed by atoms with van der Waals surface area (Å²) in [4.78, 5) is 41.4. The number of aryl methyl sites for hydroxylation is 1. The van der Waals surface area contributed by atoms with Gasteiger partial charge in [0.1, 0.15) is 12.1 Å². The number of nitrogens with zero attached hydrogens (tertiary/aromatic N) is 1. The van der Waals surface area contributed by atoms with Crippen molar-refractivity contribution >= 4 is 29.5 Å². The molecule has 0 spiro atoms. The molecule has 2 fully saturated rings. The third kappa shape index (κ3) is 4.27. The van der Waals surface area contributed by atoms with Crippen LogP contribution in [0.1, 0.15) is 57.2 Å². The van der Waals surface area contributed by atoms with Gasteiger partial charge in [0.15, 0.2) is 0 Å². The van der Waals surface area contributed by atoms with E-state index in [4.69, 9.17) is 0 Å². The van der Waals surface area contributed by atoms with Gasteiger partial charge in [-0.3, -0.25) is 14.4 Å². The Kier molecular flexibility index (Phi) is 6.54. The molecule has 0 bridgehead atoms. The molecule has 2 saturated heterocycles. The number of likely N-dealkylation sites (N-methyl/N-ethyl adjacent to an activating group) is 1. The van der Waals surface area contributed by atoms with E-state index in [0.717, 1.165) is 25.0 Å². The molecule has 0 saturated carbocycles. The zero-order chi connectivity index (χ0) is 23.0. The van der Waals surface area contributed by atoms with Crippen LogP contribution in [0.4, 0.5) is 0 Å². The summed E-state index contributed by atoms with van der Waals surface area (Å²) in [6.07, 6.45) is 3.17. The van der Waals surface area contributed by atoms with Crippen LogP contribution in [0.2, 0.25) is 0 Å². The van der Waals surface area contributed by atoms with E-state index in [2.05, 4.69) is 41.9 Å². The molecule has 174 valence electrons. The van der Waals surface area contributed by atoms with E-state index in [1.165, 1.54) is 11.1 Å². The number of benzene rings is 1. The van der Waals surface area contributed by atoms with Gasteiger partial charge < -0.3 is 20.9 Å². The first-order valence-corrected chi connectivity index (χ1v) is 12.6. The van der Waals surface area contributed by atoms with Crippen LogP contribution < -0.4 is 16.0 Å². The minimum Gasteiger partial charge on any atom is -0.347 e. The maximum Gasteiger partial charge on any atom is 0.246 e. The average molecular weight is 459 g/mol. The van der Waals surface area contributed by atoms with Crippen molar-refractivity contribution in [3.8, 4) is 0 Å². The van der Waals surface area contributed by atoms with E-state index < -0.39 is 12.1 Å². The molecule has 8 heteroatoms. The van der Waals surface area contributed by atoms with Crippen molar-refractivity contribution in [2.75, 3.05) is 12.8 Å². The first-order chi connectivity index (χ1) is 15.2. The summed E-state index contributed by atoms with van der Waals surface area (Å²) in [6.45, 7) is 5.90. The normalized spacial score (nSPS) is 29.6. The lowest BCUT2D eigenvalue weighted by Crippen LogP contribution is -2.58. The lowest BCUT2D eigenvalue weighted by atomic mass is 9.84. The van der Waals surface area contributed by atoms with E-state index in [9.17, 15) is 14.4 Å². The number of nitrogens with one attached hydrogen (secondary N) is 3. The Morgan fingerprint density at radius 2 is 1.91 bits per heavy atom. The van der Waals surface area contributed by atoms with Crippen molar-refractivity contribution < 1.29 is 14.4 Å². The van der Waals surface area contributed by atoms with E-state index >= 15 is 0 Å². The van der Waals surface area contributed by atoms with Crippen molar-refractivity contribution in [2.45, 2.75) is 76.0 Å². The summed E-state index contributed by atoms with van der Waals surface area (Å²) in [5.74, 6) is 0.334. The fraction of sp³-hybridized carbons (Fsp3) is 0.625. The van der Waals surface area contributed by atoms with Crippen LogP contribution in [-0.2, 0) is 20.8 Å². The first kappa shape index (κ1) is 23.1. The lowest BCUT2D eigenvalue weighted by Gasteiger charge is -2.34. The van der Waals surface area contributed by atoms with E-state index in [-0.39, 0.29) is 40.6 Å². The SMILES string of the molecule is CN[C@@H](C)C(=O)N[C@H]1CCS[C@H]2CC(C)(C)[C@@H](C(=O)N[C@@H]3CCc4ccccc43)N2C1=O. The standard InChI is InChI=1S/C24H34N4O3S/c1-14(25-4)21(29)27-18-11-12-32-19-13-24(2,3)20(28(19)23(18)31)22(30)26-17-10-9-15-7-5-6-8-16(15)17/h5-8,14,17-20,25H,9-13H2,1-4H3,(H,26,30)(H,27,29)/t14-,17+,18-,19-,20+/m0/s1. The second-order valence-corrected chi connectivity index (χ2v) is 11.1. The number of hydrogen-bond donors (Lipinski definition) is 3. The summed E-state index contributed by atoms with van der Waals surface area (Å²) in [5, 5.41) is 9.02. The van der Waals surface area contributed by atoms with E-state index in [1.807, 2.05) is 12.1 Å². The zero-order valence-corrected chi connectivity index (χ0v) is 20.1. The van der Waals surface area contributed by atoms with E-state index in [1.54, 1.807) is 30.6 Å². The molecule has 2 aliphatic heterocycles. The Hall–Kier alpha value is -2.06. The van der Waals surface area contributed by atoms with Gasteiger partial charge in [0, 0.05) is 0 Å². The number of carbonyl (C=O) groups is 3. The van der Waals surface area contributed by atoms with Gasteiger partial charge in [-0.25, -0.2) is 0 Å². The van der Waals surface area contributed by atoms with Gasteiger partial charge >= 0.3 is 0 Å². The molecular formula is C24H34N4O3S.